The number of carbonyl (C=O) groups is 1. The number of carboxylic acid groups (broad SMARTS) is 1. The molecule has 0 saturated carbocycles. The van der Waals surface area contributed by atoms with E-state index in [1.165, 1.54) is 5.56 Å². The highest BCUT2D eigenvalue weighted by atomic mass is 32.2. The van der Waals surface area contributed by atoms with Crippen LogP contribution in [0.1, 0.15) is 5.56 Å². The summed E-state index contributed by atoms with van der Waals surface area (Å²) in [5, 5.41) is 18.7. The maximum absolute atomic E-state index is 10.8. The van der Waals surface area contributed by atoms with E-state index in [2.05, 4.69) is 31.9 Å². The molecule has 26 heavy (non-hydrogen) atoms. The minimum atomic E-state index is -0.900. The number of para-hydroxylation sites is 1. The van der Waals surface area contributed by atoms with Crippen LogP contribution in [-0.2, 0) is 17.8 Å². The molecule has 2 aromatic heterocycles. The molecule has 0 aliphatic rings. The molecule has 0 amide bonds. The van der Waals surface area contributed by atoms with Crippen LogP contribution >= 0.6 is 11.8 Å². The first kappa shape index (κ1) is 16.5. The van der Waals surface area contributed by atoms with Gasteiger partial charge in [-0.3, -0.25) is 4.79 Å². The van der Waals surface area contributed by atoms with Crippen LogP contribution in [0.4, 0.5) is 0 Å². The SMILES string of the molecule is O=C(O)CSc1nnc2c3ccccc3n(CCc3ccccc3)c2n1. The van der Waals surface area contributed by atoms with E-state index in [1.807, 2.05) is 42.5 Å². The molecule has 4 aromatic rings. The molecule has 0 spiro atoms. The second-order valence-electron chi connectivity index (χ2n) is 5.85. The number of aromatic nitrogens is 4. The van der Waals surface area contributed by atoms with Gasteiger partial charge in [0.15, 0.2) is 5.65 Å². The van der Waals surface area contributed by atoms with E-state index in [0.29, 0.717) is 5.16 Å². The van der Waals surface area contributed by atoms with Crippen LogP contribution in [0.3, 0.4) is 0 Å². The number of thioether (sulfide) groups is 1. The molecule has 4 rings (SSSR count). The predicted octanol–water partition coefficient (Wildman–Crippen LogP) is 3.40. The minimum absolute atomic E-state index is 0.0859. The zero-order valence-electron chi connectivity index (χ0n) is 13.9. The van der Waals surface area contributed by atoms with Crippen LogP contribution in [-0.4, -0.2) is 36.6 Å². The van der Waals surface area contributed by atoms with Crippen molar-refractivity contribution in [2.75, 3.05) is 5.75 Å². The van der Waals surface area contributed by atoms with Crippen LogP contribution in [0.15, 0.2) is 59.8 Å². The molecule has 7 heteroatoms. The number of hydrogen-bond acceptors (Lipinski definition) is 5. The highest BCUT2D eigenvalue weighted by Gasteiger charge is 2.15. The lowest BCUT2D eigenvalue weighted by molar-refractivity contribution is -0.133. The van der Waals surface area contributed by atoms with Gasteiger partial charge >= 0.3 is 5.97 Å². The summed E-state index contributed by atoms with van der Waals surface area (Å²) in [6.07, 6.45) is 0.871. The van der Waals surface area contributed by atoms with Crippen molar-refractivity contribution >= 4 is 39.8 Å². The molecule has 0 bridgehead atoms. The van der Waals surface area contributed by atoms with Crippen LogP contribution in [0, 0.1) is 0 Å². The predicted molar refractivity (Wildman–Crippen MR) is 101 cm³/mol. The lowest BCUT2D eigenvalue weighted by Gasteiger charge is -2.07. The van der Waals surface area contributed by atoms with Gasteiger partial charge < -0.3 is 9.67 Å². The molecule has 0 aliphatic heterocycles. The van der Waals surface area contributed by atoms with Gasteiger partial charge in [0.25, 0.3) is 0 Å². The van der Waals surface area contributed by atoms with Crippen molar-refractivity contribution in [3.05, 3.63) is 60.2 Å². The van der Waals surface area contributed by atoms with Crippen molar-refractivity contribution in [1.82, 2.24) is 19.7 Å². The lowest BCUT2D eigenvalue weighted by atomic mass is 10.1. The van der Waals surface area contributed by atoms with Gasteiger partial charge in [-0.2, -0.15) is 0 Å². The summed E-state index contributed by atoms with van der Waals surface area (Å²) in [7, 11) is 0. The van der Waals surface area contributed by atoms with E-state index in [-0.39, 0.29) is 5.75 Å². The maximum Gasteiger partial charge on any atom is 0.313 e. The third-order valence-electron chi connectivity index (χ3n) is 4.15. The smallest absolute Gasteiger partial charge is 0.313 e. The monoisotopic (exact) mass is 364 g/mol. The van der Waals surface area contributed by atoms with E-state index in [4.69, 9.17) is 5.11 Å². The Bertz CT molecular complexity index is 1080. The minimum Gasteiger partial charge on any atom is -0.481 e. The Morgan fingerprint density at radius 1 is 1.04 bits per heavy atom. The topological polar surface area (TPSA) is 80.9 Å². The first-order valence-electron chi connectivity index (χ1n) is 8.22. The van der Waals surface area contributed by atoms with Gasteiger partial charge in [-0.05, 0) is 18.1 Å². The fourth-order valence-electron chi connectivity index (χ4n) is 2.99. The van der Waals surface area contributed by atoms with Gasteiger partial charge in [-0.1, -0.05) is 60.3 Å². The lowest BCUT2D eigenvalue weighted by Crippen LogP contribution is -2.04. The largest absolute Gasteiger partial charge is 0.481 e. The number of fused-ring (bicyclic) bond motifs is 3. The fourth-order valence-corrected chi connectivity index (χ4v) is 3.49. The first-order valence-corrected chi connectivity index (χ1v) is 9.21. The molecule has 2 heterocycles. The summed E-state index contributed by atoms with van der Waals surface area (Å²) in [6, 6.07) is 18.3. The van der Waals surface area contributed by atoms with E-state index in [0.717, 1.165) is 46.8 Å². The van der Waals surface area contributed by atoms with E-state index >= 15 is 0 Å². The van der Waals surface area contributed by atoms with Crippen LogP contribution in [0.25, 0.3) is 22.1 Å². The quantitative estimate of drug-likeness (QED) is 0.528. The zero-order valence-corrected chi connectivity index (χ0v) is 14.7. The third-order valence-corrected chi connectivity index (χ3v) is 4.97. The summed E-state index contributed by atoms with van der Waals surface area (Å²) >= 11 is 1.08. The number of nitrogens with zero attached hydrogens (tertiary/aromatic N) is 4. The van der Waals surface area contributed by atoms with Crippen molar-refractivity contribution in [2.45, 2.75) is 18.1 Å². The number of benzene rings is 2. The maximum atomic E-state index is 10.8. The van der Waals surface area contributed by atoms with Crippen molar-refractivity contribution in [1.29, 1.82) is 0 Å². The first-order chi connectivity index (χ1) is 12.7. The Morgan fingerprint density at radius 2 is 1.81 bits per heavy atom. The average Bonchev–Trinajstić information content (AvgIpc) is 2.98. The standard InChI is InChI=1S/C19H16N4O2S/c24-16(25)12-26-19-20-18-17(21-22-19)14-8-4-5-9-15(14)23(18)11-10-13-6-2-1-3-7-13/h1-9H,10-12H2,(H,24,25). The van der Waals surface area contributed by atoms with E-state index in [1.54, 1.807) is 0 Å². The van der Waals surface area contributed by atoms with Gasteiger partial charge in [0.1, 0.15) is 5.52 Å². The molecule has 6 nitrogen and oxygen atoms in total. The van der Waals surface area contributed by atoms with Gasteiger partial charge in [0.05, 0.1) is 11.3 Å². The Morgan fingerprint density at radius 3 is 2.62 bits per heavy atom. The van der Waals surface area contributed by atoms with Crippen LogP contribution in [0.2, 0.25) is 0 Å². The average molecular weight is 364 g/mol. The van der Waals surface area contributed by atoms with Gasteiger partial charge in [-0.25, -0.2) is 4.98 Å². The fraction of sp³-hybridized carbons (Fsp3) is 0.158. The molecule has 0 fully saturated rings. The molecular weight excluding hydrogens is 348 g/mol. The van der Waals surface area contributed by atoms with Crippen LogP contribution in [0.5, 0.6) is 0 Å². The Kier molecular flexibility index (Phi) is 4.53. The summed E-state index contributed by atoms with van der Waals surface area (Å²) in [4.78, 5) is 15.4. The number of carboxylic acids is 1. The second kappa shape index (κ2) is 7.13. The highest BCUT2D eigenvalue weighted by molar-refractivity contribution is 7.99. The van der Waals surface area contributed by atoms with Crippen molar-refractivity contribution in [3.8, 4) is 0 Å². The molecule has 0 atom stereocenters. The van der Waals surface area contributed by atoms with Crippen molar-refractivity contribution in [3.63, 3.8) is 0 Å². The molecule has 0 aliphatic carbocycles. The molecule has 130 valence electrons. The molecule has 2 aromatic carbocycles. The molecule has 0 radical (unpaired) electrons. The summed E-state index contributed by atoms with van der Waals surface area (Å²) in [5.41, 5.74) is 3.79. The number of aliphatic carboxylic acids is 1. The van der Waals surface area contributed by atoms with E-state index < -0.39 is 5.97 Å². The second-order valence-corrected chi connectivity index (χ2v) is 6.80. The molecular formula is C19H16N4O2S. The van der Waals surface area contributed by atoms with Gasteiger partial charge in [0, 0.05) is 11.9 Å². The summed E-state index contributed by atoms with van der Waals surface area (Å²) < 4.78 is 2.14. The number of aryl methyl sites for hydroxylation is 2. The Balaban J connectivity index is 1.76. The zero-order chi connectivity index (χ0) is 17.9. The Hall–Kier alpha value is -2.93. The summed E-state index contributed by atoms with van der Waals surface area (Å²) in [5.74, 6) is -0.986. The highest BCUT2D eigenvalue weighted by Crippen LogP contribution is 2.27. The molecule has 0 unspecified atom stereocenters. The van der Waals surface area contributed by atoms with Gasteiger partial charge in [0.2, 0.25) is 5.16 Å². The van der Waals surface area contributed by atoms with Crippen molar-refractivity contribution in [2.24, 2.45) is 0 Å². The molecule has 1 N–H and O–H groups in total. The number of hydrogen-bond donors (Lipinski definition) is 1. The Labute approximate surface area is 153 Å². The summed E-state index contributed by atoms with van der Waals surface area (Å²) in [6.45, 7) is 0.760. The van der Waals surface area contributed by atoms with Gasteiger partial charge in [-0.15, -0.1) is 10.2 Å². The van der Waals surface area contributed by atoms with Crippen LogP contribution < -0.4 is 0 Å². The molecule has 0 saturated heterocycles. The van der Waals surface area contributed by atoms with E-state index in [9.17, 15) is 4.79 Å². The van der Waals surface area contributed by atoms with Crippen molar-refractivity contribution < 1.29 is 9.90 Å². The third kappa shape index (κ3) is 3.25. The normalized spacial score (nSPS) is 11.2. The number of rotatable bonds is 6.